The first-order chi connectivity index (χ1) is 34.8. The van der Waals surface area contributed by atoms with Crippen LogP contribution in [0.15, 0.2) is 135 Å². The second kappa shape index (κ2) is 21.0. The molecule has 2 aliphatic heterocycles. The zero-order valence-electron chi connectivity index (χ0n) is 42.0. The molecule has 0 radical (unpaired) electrons. The fourth-order valence-corrected chi connectivity index (χ4v) is 13.9. The number of fused-ring (bicyclic) bond motifs is 6. The van der Waals surface area contributed by atoms with Gasteiger partial charge >= 0.3 is 0 Å². The minimum absolute atomic E-state index is 0.000734. The van der Waals surface area contributed by atoms with Gasteiger partial charge in [0.1, 0.15) is 11.4 Å². The number of nitrogens with one attached hydrogen (secondary N) is 1. The summed E-state index contributed by atoms with van der Waals surface area (Å²) in [4.78, 5) is 13.2. The summed E-state index contributed by atoms with van der Waals surface area (Å²) < 4.78 is 160. The first kappa shape index (κ1) is 57.0. The Kier molecular flexibility index (Phi) is 16.0. The highest BCUT2D eigenvalue weighted by Crippen LogP contribution is 2.52. The standard InChI is InChI=1S/C51H59N5O14S5/c1-7-27-55-42-26-24-38-40(31-36(74(65,66)67)32-44(38)75(68,69)70)49(42)51(4,5)45(55)16-9-8-10-17-46-50(2,3)48-39-14-11-15-43(37(39)23-25-41(48)56(46)29-13-30-71(58,59)60)73(63,64)54(6)28-12-18-47(57)53-33-34-19-21-35(22-20-34)72(52,61)62/h8-11,14-17,19-26,31-32H,7,12-13,18,27-30,33H2,1-6H3,(H5-,52,53,57,58,59,60,61,62,65,66,67,68,69,70). The van der Waals surface area contributed by atoms with Gasteiger partial charge in [-0.25, -0.2) is 34.7 Å². The van der Waals surface area contributed by atoms with Crippen LogP contribution in [0.5, 0.6) is 0 Å². The summed E-state index contributed by atoms with van der Waals surface area (Å²) in [6, 6.07) is 19.3. The van der Waals surface area contributed by atoms with Crippen LogP contribution < -0.4 is 15.4 Å². The highest BCUT2D eigenvalue weighted by atomic mass is 32.2. The molecule has 5 aromatic rings. The fraction of sp³-hybridized carbons (Fsp3) is 0.333. The van der Waals surface area contributed by atoms with Crippen LogP contribution in [0.4, 0.5) is 11.4 Å². The smallest absolute Gasteiger partial charge is 0.295 e. The Balaban J connectivity index is 1.16. The third-order valence-electron chi connectivity index (χ3n) is 13.6. The number of carbonyl (C=O) groups excluding carboxylic acids is 1. The number of sulfonamides is 2. The summed E-state index contributed by atoms with van der Waals surface area (Å²) in [6.45, 7) is 10.5. The van der Waals surface area contributed by atoms with Crippen LogP contribution in [0.1, 0.15) is 77.0 Å². The van der Waals surface area contributed by atoms with Crippen molar-refractivity contribution >= 4 is 94.9 Å². The maximum atomic E-state index is 14.3. The van der Waals surface area contributed by atoms with Crippen LogP contribution in [0.2, 0.25) is 0 Å². The van der Waals surface area contributed by atoms with E-state index in [9.17, 15) is 60.5 Å². The van der Waals surface area contributed by atoms with Gasteiger partial charge in [-0.2, -0.15) is 21.4 Å². The normalized spacial score (nSPS) is 16.6. The molecule has 19 nitrogen and oxygen atoms in total. The maximum absolute atomic E-state index is 14.3. The molecule has 75 heavy (non-hydrogen) atoms. The molecule has 0 bridgehead atoms. The molecule has 5 N–H and O–H groups in total. The van der Waals surface area contributed by atoms with Gasteiger partial charge in [0.25, 0.3) is 20.2 Å². The number of benzene rings is 5. The molecule has 0 unspecified atom stereocenters. The molecule has 0 spiro atoms. The van der Waals surface area contributed by atoms with E-state index in [1.165, 1.54) is 53.8 Å². The van der Waals surface area contributed by atoms with Crippen molar-refractivity contribution in [3.05, 3.63) is 132 Å². The molecule has 0 aromatic heterocycles. The predicted molar refractivity (Wildman–Crippen MR) is 285 cm³/mol. The Hall–Kier alpha value is -5.67. The highest BCUT2D eigenvalue weighted by molar-refractivity contribution is 7.89. The summed E-state index contributed by atoms with van der Waals surface area (Å²) >= 11 is 0. The van der Waals surface area contributed by atoms with Crippen molar-refractivity contribution in [3.8, 4) is 0 Å². The number of amides is 1. The van der Waals surface area contributed by atoms with Crippen LogP contribution in [0, 0.1) is 0 Å². The third kappa shape index (κ3) is 11.8. The maximum Gasteiger partial charge on any atom is 0.295 e. The monoisotopic (exact) mass is 1130 g/mol. The number of carbonyl (C=O) groups is 1. The van der Waals surface area contributed by atoms with Crippen LogP contribution in [0.25, 0.3) is 21.5 Å². The topological polar surface area (TPSA) is 299 Å². The van der Waals surface area contributed by atoms with Crippen molar-refractivity contribution in [2.75, 3.05) is 37.3 Å². The quantitative estimate of drug-likeness (QED) is 0.0374. The SMILES string of the molecule is CCC[N+]1=C(/C=C/C=C/C=C2/N(CCCS(=O)(=O)[O-])c3ccc4c(S(=O)(=O)N(C)CCCC(=O)NCc5ccc(S(N)(=O)=O)cc5)cccc4c3C2(C)C)C(C)(C)c2c1ccc1c(S(=O)(=O)O)cc(S(=O)(=O)O)cc21. The lowest BCUT2D eigenvalue weighted by Gasteiger charge is -2.27. The molecule has 2 heterocycles. The Bertz CT molecular complexity index is 3850. The molecule has 7 rings (SSSR count). The number of nitrogens with two attached hydrogens (primary N) is 1. The minimum Gasteiger partial charge on any atom is -0.748 e. The van der Waals surface area contributed by atoms with Gasteiger partial charge in [0.2, 0.25) is 31.6 Å². The average Bonchev–Trinajstić information content (AvgIpc) is 3.66. The van der Waals surface area contributed by atoms with Crippen molar-refractivity contribution in [1.82, 2.24) is 9.62 Å². The van der Waals surface area contributed by atoms with Gasteiger partial charge < -0.3 is 14.8 Å². The van der Waals surface area contributed by atoms with Crippen molar-refractivity contribution in [2.45, 2.75) is 97.3 Å². The van der Waals surface area contributed by atoms with E-state index >= 15 is 0 Å². The molecular formula is C51H59N5O14S5. The van der Waals surface area contributed by atoms with Gasteiger partial charge in [0.05, 0.1) is 30.2 Å². The summed E-state index contributed by atoms with van der Waals surface area (Å²) in [7, 11) is -20.9. The molecule has 0 saturated heterocycles. The van der Waals surface area contributed by atoms with Crippen molar-refractivity contribution in [2.24, 2.45) is 5.14 Å². The van der Waals surface area contributed by atoms with Gasteiger partial charge in [0.15, 0.2) is 5.71 Å². The third-order valence-corrected chi connectivity index (χ3v) is 18.9. The van der Waals surface area contributed by atoms with Crippen LogP contribution in [-0.4, -0.2) is 109 Å². The van der Waals surface area contributed by atoms with Crippen LogP contribution in [-0.2, 0) is 72.6 Å². The zero-order valence-corrected chi connectivity index (χ0v) is 46.1. The van der Waals surface area contributed by atoms with Gasteiger partial charge in [-0.15, -0.1) is 0 Å². The predicted octanol–water partition coefficient (Wildman–Crippen LogP) is 6.37. The second-order valence-electron chi connectivity index (χ2n) is 19.5. The molecule has 5 aromatic carbocycles. The molecule has 24 heteroatoms. The van der Waals surface area contributed by atoms with Crippen molar-refractivity contribution < 1.29 is 65.1 Å². The number of rotatable bonds is 20. The van der Waals surface area contributed by atoms with E-state index in [0.29, 0.717) is 46.2 Å². The average molecular weight is 1130 g/mol. The minimum atomic E-state index is -4.93. The number of nitrogens with zero attached hydrogens (tertiary/aromatic N) is 3. The van der Waals surface area contributed by atoms with Crippen LogP contribution in [0.3, 0.4) is 0 Å². The molecule has 0 atom stereocenters. The Labute approximate surface area is 438 Å². The van der Waals surface area contributed by atoms with Crippen molar-refractivity contribution in [1.29, 1.82) is 0 Å². The number of hydrogen-bond acceptors (Lipinski definition) is 13. The molecular weight excluding hydrogens is 1070 g/mol. The second-order valence-corrected chi connectivity index (χ2v) is 27.4. The lowest BCUT2D eigenvalue weighted by molar-refractivity contribution is -0.437. The Morgan fingerprint density at radius 1 is 0.760 bits per heavy atom. The van der Waals surface area contributed by atoms with E-state index < -0.39 is 76.8 Å². The van der Waals surface area contributed by atoms with E-state index in [-0.39, 0.29) is 65.4 Å². The molecule has 2 aliphatic rings. The lowest BCUT2D eigenvalue weighted by atomic mass is 9.79. The fourth-order valence-electron chi connectivity index (χ4n) is 10.1. The van der Waals surface area contributed by atoms with E-state index in [1.54, 1.807) is 42.5 Å². The number of allylic oxidation sites excluding steroid dienone is 6. The number of anilines is 1. The lowest BCUT2D eigenvalue weighted by Crippen LogP contribution is -2.30. The molecule has 0 aliphatic carbocycles. The van der Waals surface area contributed by atoms with Gasteiger partial charge in [-0.05, 0) is 97.1 Å². The summed E-state index contributed by atoms with van der Waals surface area (Å²) in [5.41, 5.74) is 3.20. The Morgan fingerprint density at radius 2 is 1.43 bits per heavy atom. The van der Waals surface area contributed by atoms with E-state index in [4.69, 9.17) is 5.14 Å². The molecule has 0 saturated carbocycles. The van der Waals surface area contributed by atoms with Gasteiger partial charge in [-0.3, -0.25) is 13.9 Å². The largest absolute Gasteiger partial charge is 0.748 e. The van der Waals surface area contributed by atoms with E-state index in [1.807, 2.05) is 62.3 Å². The van der Waals surface area contributed by atoms with E-state index in [2.05, 4.69) is 5.32 Å². The number of hydrogen-bond donors (Lipinski definition) is 4. The first-order valence-corrected chi connectivity index (χ1v) is 31.1. The number of primary sulfonamides is 1. The molecule has 0 fully saturated rings. The van der Waals surface area contributed by atoms with Gasteiger partial charge in [-0.1, -0.05) is 69.3 Å². The van der Waals surface area contributed by atoms with Gasteiger partial charge in [0, 0.05) is 90.6 Å². The first-order valence-electron chi connectivity index (χ1n) is 23.7. The van der Waals surface area contributed by atoms with Crippen LogP contribution >= 0.6 is 0 Å². The summed E-state index contributed by atoms with van der Waals surface area (Å²) in [5, 5.41) is 9.26. The van der Waals surface area contributed by atoms with E-state index in [0.717, 1.165) is 23.0 Å². The zero-order chi connectivity index (χ0) is 55.3. The molecule has 1 amide bonds. The molecule has 402 valence electrons. The Morgan fingerprint density at radius 3 is 2.05 bits per heavy atom. The highest BCUT2D eigenvalue weighted by Gasteiger charge is 2.46. The summed E-state index contributed by atoms with van der Waals surface area (Å²) in [6.07, 6.45) is 10.0. The summed E-state index contributed by atoms with van der Waals surface area (Å²) in [5.74, 6) is -0.940. The van der Waals surface area contributed by atoms with Crippen molar-refractivity contribution in [3.63, 3.8) is 0 Å².